The van der Waals surface area contributed by atoms with Gasteiger partial charge in [-0.3, -0.25) is 14.5 Å². The largest absolute Gasteiger partial charge is 0.435 e. The summed E-state index contributed by atoms with van der Waals surface area (Å²) >= 11 is 0. The van der Waals surface area contributed by atoms with Gasteiger partial charge in [0.2, 0.25) is 5.91 Å². The first kappa shape index (κ1) is 20.5. The van der Waals surface area contributed by atoms with Gasteiger partial charge in [0.05, 0.1) is 6.04 Å². The van der Waals surface area contributed by atoms with E-state index in [1.54, 1.807) is 50.4 Å². The van der Waals surface area contributed by atoms with Gasteiger partial charge in [-0.1, -0.05) is 24.3 Å². The number of nitrogens with one attached hydrogen (secondary N) is 1. The summed E-state index contributed by atoms with van der Waals surface area (Å²) in [6.07, 6.45) is 0. The first-order valence-electron chi connectivity index (χ1n) is 8.42. The van der Waals surface area contributed by atoms with Crippen LogP contribution in [-0.4, -0.2) is 36.3 Å². The number of anilines is 1. The van der Waals surface area contributed by atoms with Crippen molar-refractivity contribution in [2.45, 2.75) is 33.0 Å². The molecule has 2 rings (SSSR count). The molecule has 0 radical (unpaired) electrons. The lowest BCUT2D eigenvalue weighted by Gasteiger charge is -2.24. The molecule has 1 atom stereocenters. The molecule has 2 aromatic rings. The van der Waals surface area contributed by atoms with Crippen LogP contribution in [0.25, 0.3) is 0 Å². The van der Waals surface area contributed by atoms with Crippen LogP contribution in [0.2, 0.25) is 0 Å². The Kier molecular flexibility index (Phi) is 7.01. The lowest BCUT2D eigenvalue weighted by atomic mass is 10.1. The van der Waals surface area contributed by atoms with E-state index in [4.69, 9.17) is 0 Å². The number of rotatable bonds is 8. The minimum Gasteiger partial charge on any atom is -0.435 e. The Bertz CT molecular complexity index is 794. The molecule has 2 aromatic carbocycles. The number of ether oxygens (including phenoxy) is 1. The zero-order chi connectivity index (χ0) is 20.0. The molecule has 0 saturated carbocycles. The van der Waals surface area contributed by atoms with Gasteiger partial charge in [-0.25, -0.2) is 0 Å². The monoisotopic (exact) mass is 376 g/mol. The molecule has 0 aromatic heterocycles. The van der Waals surface area contributed by atoms with E-state index in [1.165, 1.54) is 19.1 Å². The van der Waals surface area contributed by atoms with Gasteiger partial charge < -0.3 is 10.1 Å². The Hall–Kier alpha value is -2.80. The highest BCUT2D eigenvalue weighted by atomic mass is 19.3. The van der Waals surface area contributed by atoms with Crippen molar-refractivity contribution in [3.63, 3.8) is 0 Å². The topological polar surface area (TPSA) is 58.6 Å². The van der Waals surface area contributed by atoms with Crippen LogP contribution in [-0.2, 0) is 11.3 Å². The van der Waals surface area contributed by atoms with Gasteiger partial charge in [0.15, 0.2) is 5.78 Å². The summed E-state index contributed by atoms with van der Waals surface area (Å²) in [5, 5.41) is 2.80. The molecule has 0 aliphatic carbocycles. The maximum atomic E-state index is 12.5. The fraction of sp³-hybridized carbons (Fsp3) is 0.300. The van der Waals surface area contributed by atoms with E-state index in [-0.39, 0.29) is 17.4 Å². The molecule has 0 heterocycles. The highest BCUT2D eigenvalue weighted by Gasteiger charge is 2.18. The molecule has 0 spiro atoms. The summed E-state index contributed by atoms with van der Waals surface area (Å²) in [5.41, 5.74) is 1.94. The highest BCUT2D eigenvalue weighted by molar-refractivity contribution is 5.98. The number of hydrogen-bond acceptors (Lipinski definition) is 4. The Morgan fingerprint density at radius 3 is 2.41 bits per heavy atom. The Morgan fingerprint density at radius 1 is 1.15 bits per heavy atom. The van der Waals surface area contributed by atoms with Crippen molar-refractivity contribution in [2.75, 3.05) is 12.4 Å². The first-order chi connectivity index (χ1) is 12.8. The van der Waals surface area contributed by atoms with E-state index in [2.05, 4.69) is 10.1 Å². The number of nitrogens with zero attached hydrogens (tertiary/aromatic N) is 1. The van der Waals surface area contributed by atoms with Gasteiger partial charge in [-0.2, -0.15) is 8.78 Å². The van der Waals surface area contributed by atoms with Crippen molar-refractivity contribution in [1.82, 2.24) is 4.90 Å². The van der Waals surface area contributed by atoms with Crippen LogP contribution in [0.15, 0.2) is 48.5 Å². The number of Topliss-reactive ketones (excluding diaryl/α,β-unsaturated/α-hetero) is 1. The molecular weight excluding hydrogens is 354 g/mol. The standard InChI is InChI=1S/C20H22F2N2O3/c1-13(19(26)23-17-6-4-5-16(11-17)14(2)25)24(3)12-15-7-9-18(10-8-15)27-20(21)22/h4-11,13,20H,12H2,1-3H3,(H,23,26)/t13-/m1/s1. The fourth-order valence-electron chi connectivity index (χ4n) is 2.46. The SMILES string of the molecule is CC(=O)c1cccc(NC(=O)[C@@H](C)N(C)Cc2ccc(OC(F)F)cc2)c1. The van der Waals surface area contributed by atoms with E-state index in [9.17, 15) is 18.4 Å². The van der Waals surface area contributed by atoms with E-state index < -0.39 is 12.7 Å². The Balaban J connectivity index is 1.95. The number of benzene rings is 2. The van der Waals surface area contributed by atoms with Crippen LogP contribution in [0, 0.1) is 0 Å². The molecule has 0 aliphatic rings. The number of halogens is 2. The second-order valence-electron chi connectivity index (χ2n) is 6.24. The lowest BCUT2D eigenvalue weighted by Crippen LogP contribution is -2.39. The summed E-state index contributed by atoms with van der Waals surface area (Å²) in [6, 6.07) is 12.6. The zero-order valence-corrected chi connectivity index (χ0v) is 15.4. The number of alkyl halides is 2. The average molecular weight is 376 g/mol. The van der Waals surface area contributed by atoms with Crippen molar-refractivity contribution in [3.8, 4) is 5.75 Å². The zero-order valence-electron chi connectivity index (χ0n) is 15.4. The van der Waals surface area contributed by atoms with Gasteiger partial charge in [-0.05, 0) is 50.7 Å². The second-order valence-corrected chi connectivity index (χ2v) is 6.24. The summed E-state index contributed by atoms with van der Waals surface area (Å²) in [5.74, 6) is -0.195. The van der Waals surface area contributed by atoms with Crippen LogP contribution in [0.4, 0.5) is 14.5 Å². The fourth-order valence-corrected chi connectivity index (χ4v) is 2.46. The number of ketones is 1. The molecule has 1 amide bonds. The van der Waals surface area contributed by atoms with Crippen molar-refractivity contribution in [3.05, 3.63) is 59.7 Å². The first-order valence-corrected chi connectivity index (χ1v) is 8.42. The summed E-state index contributed by atoms with van der Waals surface area (Å²) in [6.45, 7) is 0.827. The van der Waals surface area contributed by atoms with Crippen LogP contribution < -0.4 is 10.1 Å². The summed E-state index contributed by atoms with van der Waals surface area (Å²) in [4.78, 5) is 25.7. The number of likely N-dealkylation sites (N-methyl/N-ethyl adjacent to an activating group) is 1. The maximum absolute atomic E-state index is 12.5. The molecule has 0 aliphatic heterocycles. The molecule has 0 fully saturated rings. The van der Waals surface area contributed by atoms with Crippen molar-refractivity contribution < 1.29 is 23.1 Å². The second kappa shape index (κ2) is 9.23. The molecule has 144 valence electrons. The Labute approximate surface area is 156 Å². The predicted octanol–water partition coefficient (Wildman–Crippen LogP) is 3.95. The third-order valence-corrected chi connectivity index (χ3v) is 4.16. The molecule has 0 bridgehead atoms. The molecule has 5 nitrogen and oxygen atoms in total. The van der Waals surface area contributed by atoms with Crippen molar-refractivity contribution in [1.29, 1.82) is 0 Å². The van der Waals surface area contributed by atoms with Gasteiger partial charge in [0, 0.05) is 17.8 Å². The van der Waals surface area contributed by atoms with E-state index in [0.717, 1.165) is 5.56 Å². The number of amides is 1. The van der Waals surface area contributed by atoms with Crippen molar-refractivity contribution >= 4 is 17.4 Å². The lowest BCUT2D eigenvalue weighted by molar-refractivity contribution is -0.120. The van der Waals surface area contributed by atoms with E-state index >= 15 is 0 Å². The molecule has 27 heavy (non-hydrogen) atoms. The van der Waals surface area contributed by atoms with Crippen LogP contribution in [0.3, 0.4) is 0 Å². The number of hydrogen-bond donors (Lipinski definition) is 1. The molecule has 1 N–H and O–H groups in total. The minimum atomic E-state index is -2.86. The Morgan fingerprint density at radius 2 is 1.81 bits per heavy atom. The average Bonchev–Trinajstić information content (AvgIpc) is 2.62. The maximum Gasteiger partial charge on any atom is 0.387 e. The van der Waals surface area contributed by atoms with Gasteiger partial charge in [-0.15, -0.1) is 0 Å². The van der Waals surface area contributed by atoms with E-state index in [1.807, 2.05) is 4.90 Å². The predicted molar refractivity (Wildman–Crippen MR) is 99.1 cm³/mol. The molecular formula is C20H22F2N2O3. The third kappa shape index (κ3) is 6.14. The highest BCUT2D eigenvalue weighted by Crippen LogP contribution is 2.17. The van der Waals surface area contributed by atoms with Gasteiger partial charge >= 0.3 is 6.61 Å². The molecule has 0 saturated heterocycles. The van der Waals surface area contributed by atoms with E-state index in [0.29, 0.717) is 17.8 Å². The third-order valence-electron chi connectivity index (χ3n) is 4.16. The van der Waals surface area contributed by atoms with Crippen LogP contribution in [0.1, 0.15) is 29.8 Å². The molecule has 7 heteroatoms. The van der Waals surface area contributed by atoms with Gasteiger partial charge in [0.1, 0.15) is 5.75 Å². The number of carbonyl (C=O) groups excluding carboxylic acids is 2. The van der Waals surface area contributed by atoms with Gasteiger partial charge in [0.25, 0.3) is 0 Å². The summed E-state index contributed by atoms with van der Waals surface area (Å²) in [7, 11) is 1.79. The number of carbonyl (C=O) groups is 2. The molecule has 0 unspecified atom stereocenters. The van der Waals surface area contributed by atoms with Crippen LogP contribution >= 0.6 is 0 Å². The van der Waals surface area contributed by atoms with Crippen LogP contribution in [0.5, 0.6) is 5.75 Å². The quantitative estimate of drug-likeness (QED) is 0.709. The normalized spacial score (nSPS) is 12.1. The summed E-state index contributed by atoms with van der Waals surface area (Å²) < 4.78 is 28.7. The smallest absolute Gasteiger partial charge is 0.387 e. The minimum absolute atomic E-state index is 0.0736. The van der Waals surface area contributed by atoms with Crippen molar-refractivity contribution in [2.24, 2.45) is 0 Å².